The number of rotatable bonds is 7. The van der Waals surface area contributed by atoms with Gasteiger partial charge in [0.25, 0.3) is 11.8 Å². The fourth-order valence-electron chi connectivity index (χ4n) is 4.51. The van der Waals surface area contributed by atoms with Crippen LogP contribution in [0.1, 0.15) is 46.4 Å². The number of piperidine rings is 1. The zero-order valence-corrected chi connectivity index (χ0v) is 18.2. The minimum Gasteiger partial charge on any atom is -0.465 e. The van der Waals surface area contributed by atoms with Crippen LogP contribution in [0.4, 0.5) is 10.5 Å². The summed E-state index contributed by atoms with van der Waals surface area (Å²) in [5.41, 5.74) is 1.07. The average molecular weight is 457 g/mol. The van der Waals surface area contributed by atoms with Gasteiger partial charge < -0.3 is 15.3 Å². The predicted octanol–water partition coefficient (Wildman–Crippen LogP) is 0.576. The first-order valence-electron chi connectivity index (χ1n) is 11.2. The number of imide groups is 2. The summed E-state index contributed by atoms with van der Waals surface area (Å²) in [6.07, 6.45) is 1.07. The van der Waals surface area contributed by atoms with Gasteiger partial charge in [0, 0.05) is 44.8 Å². The van der Waals surface area contributed by atoms with E-state index in [1.807, 2.05) is 0 Å². The highest BCUT2D eigenvalue weighted by atomic mass is 16.4. The van der Waals surface area contributed by atoms with Crippen LogP contribution in [0, 0.1) is 0 Å². The molecule has 176 valence electrons. The highest BCUT2D eigenvalue weighted by Gasteiger charge is 2.45. The summed E-state index contributed by atoms with van der Waals surface area (Å²) in [5.74, 6) is -2.07. The van der Waals surface area contributed by atoms with Gasteiger partial charge >= 0.3 is 6.09 Å². The molecule has 2 fully saturated rings. The normalized spacial score (nSPS) is 21.3. The second kappa shape index (κ2) is 9.57. The van der Waals surface area contributed by atoms with Crippen molar-refractivity contribution in [2.45, 2.75) is 31.7 Å². The zero-order valence-electron chi connectivity index (χ0n) is 18.2. The number of benzene rings is 1. The number of fused-ring (bicyclic) bond motifs is 1. The summed E-state index contributed by atoms with van der Waals surface area (Å²) in [4.78, 5) is 65.2. The Morgan fingerprint density at radius 3 is 2.52 bits per heavy atom. The summed E-state index contributed by atoms with van der Waals surface area (Å²) in [6, 6.07) is 4.03. The monoisotopic (exact) mass is 457 g/mol. The molecule has 11 heteroatoms. The van der Waals surface area contributed by atoms with Crippen molar-refractivity contribution in [1.82, 2.24) is 20.0 Å². The van der Waals surface area contributed by atoms with Gasteiger partial charge in [-0.3, -0.25) is 34.3 Å². The minimum absolute atomic E-state index is 0.0836. The van der Waals surface area contributed by atoms with Crippen LogP contribution in [-0.4, -0.2) is 94.8 Å². The Bertz CT molecular complexity index is 987. The number of nitrogens with zero attached hydrogens (tertiary/aromatic N) is 3. The quantitative estimate of drug-likeness (QED) is 0.399. The number of unbranched alkanes of at least 4 members (excludes halogenated alkanes) is 1. The molecule has 5 amide bonds. The zero-order chi connectivity index (χ0) is 23.5. The van der Waals surface area contributed by atoms with Crippen molar-refractivity contribution in [3.05, 3.63) is 29.3 Å². The minimum atomic E-state index is -0.982. The van der Waals surface area contributed by atoms with Gasteiger partial charge in [0.2, 0.25) is 11.8 Å². The summed E-state index contributed by atoms with van der Waals surface area (Å²) < 4.78 is 0. The van der Waals surface area contributed by atoms with Crippen LogP contribution in [0.2, 0.25) is 0 Å². The van der Waals surface area contributed by atoms with E-state index >= 15 is 0 Å². The lowest BCUT2D eigenvalue weighted by molar-refractivity contribution is -0.136. The Morgan fingerprint density at radius 1 is 1.06 bits per heavy atom. The first-order valence-corrected chi connectivity index (χ1v) is 11.2. The third-order valence-corrected chi connectivity index (χ3v) is 6.33. The van der Waals surface area contributed by atoms with Crippen LogP contribution < -0.4 is 10.6 Å². The molecule has 1 unspecified atom stereocenters. The molecule has 33 heavy (non-hydrogen) atoms. The van der Waals surface area contributed by atoms with Crippen molar-refractivity contribution in [2.24, 2.45) is 0 Å². The van der Waals surface area contributed by atoms with E-state index in [9.17, 15) is 24.0 Å². The van der Waals surface area contributed by atoms with Crippen LogP contribution in [0.15, 0.2) is 18.2 Å². The summed E-state index contributed by atoms with van der Waals surface area (Å²) in [5, 5.41) is 14.4. The SMILES string of the molecule is O=C1CCC(N2C(=O)c3cccc(NCCCCN4CCN(C(=O)O)CC4)c3C2=O)C(=O)N1. The molecule has 11 nitrogen and oxygen atoms in total. The number of hydrogen-bond acceptors (Lipinski definition) is 7. The molecule has 3 aliphatic heterocycles. The molecular formula is C22H27N5O6. The number of carbonyl (C=O) groups excluding carboxylic acids is 4. The van der Waals surface area contributed by atoms with E-state index in [1.165, 1.54) is 4.90 Å². The maximum atomic E-state index is 13.1. The molecule has 0 spiro atoms. The second-order valence-electron chi connectivity index (χ2n) is 8.42. The predicted molar refractivity (Wildman–Crippen MR) is 117 cm³/mol. The number of amides is 5. The van der Waals surface area contributed by atoms with E-state index in [1.54, 1.807) is 18.2 Å². The Labute approximate surface area is 190 Å². The number of hydrogen-bond donors (Lipinski definition) is 3. The molecule has 0 saturated carbocycles. The molecule has 2 saturated heterocycles. The number of piperazine rings is 1. The third kappa shape index (κ3) is 4.68. The van der Waals surface area contributed by atoms with Gasteiger partial charge in [0.15, 0.2) is 0 Å². The number of carbonyl (C=O) groups is 5. The van der Waals surface area contributed by atoms with Crippen LogP contribution in [0.3, 0.4) is 0 Å². The van der Waals surface area contributed by atoms with Gasteiger partial charge in [-0.05, 0) is 37.9 Å². The van der Waals surface area contributed by atoms with Gasteiger partial charge in [-0.2, -0.15) is 0 Å². The topological polar surface area (TPSA) is 139 Å². The summed E-state index contributed by atoms with van der Waals surface area (Å²) in [6.45, 7) is 3.94. The molecule has 0 radical (unpaired) electrons. The van der Waals surface area contributed by atoms with Crippen molar-refractivity contribution in [2.75, 3.05) is 44.6 Å². The third-order valence-electron chi connectivity index (χ3n) is 6.33. The average Bonchev–Trinajstić information content (AvgIpc) is 3.05. The molecule has 3 N–H and O–H groups in total. The first kappa shape index (κ1) is 22.7. The van der Waals surface area contributed by atoms with Gasteiger partial charge in [-0.1, -0.05) is 6.07 Å². The van der Waals surface area contributed by atoms with E-state index in [-0.39, 0.29) is 24.0 Å². The highest BCUT2D eigenvalue weighted by Crippen LogP contribution is 2.32. The largest absolute Gasteiger partial charge is 0.465 e. The number of anilines is 1. The maximum Gasteiger partial charge on any atom is 0.407 e. The molecule has 0 bridgehead atoms. The fourth-order valence-corrected chi connectivity index (χ4v) is 4.51. The van der Waals surface area contributed by atoms with Gasteiger partial charge in [0.05, 0.1) is 11.1 Å². The molecule has 3 aliphatic rings. The van der Waals surface area contributed by atoms with E-state index in [0.29, 0.717) is 25.3 Å². The number of nitrogens with one attached hydrogen (secondary N) is 2. The van der Waals surface area contributed by atoms with E-state index in [4.69, 9.17) is 5.11 Å². The Hall–Kier alpha value is -3.47. The van der Waals surface area contributed by atoms with Crippen LogP contribution >= 0.6 is 0 Å². The molecule has 1 aromatic carbocycles. The number of carboxylic acid groups (broad SMARTS) is 1. The fraction of sp³-hybridized carbons (Fsp3) is 0.500. The highest BCUT2D eigenvalue weighted by molar-refractivity contribution is 6.25. The Morgan fingerprint density at radius 2 is 1.82 bits per heavy atom. The smallest absolute Gasteiger partial charge is 0.407 e. The lowest BCUT2D eigenvalue weighted by Gasteiger charge is -2.33. The molecule has 0 aliphatic carbocycles. The van der Waals surface area contributed by atoms with Crippen LogP contribution in [-0.2, 0) is 9.59 Å². The lowest BCUT2D eigenvalue weighted by Crippen LogP contribution is -2.54. The van der Waals surface area contributed by atoms with Crippen molar-refractivity contribution in [3.8, 4) is 0 Å². The molecule has 0 aromatic heterocycles. The van der Waals surface area contributed by atoms with Crippen molar-refractivity contribution < 1.29 is 29.1 Å². The second-order valence-corrected chi connectivity index (χ2v) is 8.42. The van der Waals surface area contributed by atoms with Gasteiger partial charge in [-0.15, -0.1) is 0 Å². The van der Waals surface area contributed by atoms with E-state index in [2.05, 4.69) is 15.5 Å². The molecule has 3 heterocycles. The maximum absolute atomic E-state index is 13.1. The molecule has 1 atom stereocenters. The van der Waals surface area contributed by atoms with Crippen molar-refractivity contribution in [1.29, 1.82) is 0 Å². The van der Waals surface area contributed by atoms with E-state index < -0.39 is 35.8 Å². The van der Waals surface area contributed by atoms with Crippen LogP contribution in [0.25, 0.3) is 0 Å². The van der Waals surface area contributed by atoms with Crippen LogP contribution in [0.5, 0.6) is 0 Å². The van der Waals surface area contributed by atoms with Crippen molar-refractivity contribution in [3.63, 3.8) is 0 Å². The standard InChI is InChI=1S/C22H27N5O6/c28-17-7-6-16(19(29)24-17)27-20(30)14-4-3-5-15(18(14)21(27)31)23-8-1-2-9-25-10-12-26(13-11-25)22(32)33/h3-5,16,23H,1-2,6-13H2,(H,32,33)(H,24,28,29). The Kier molecular flexibility index (Phi) is 6.59. The van der Waals surface area contributed by atoms with Gasteiger partial charge in [0.1, 0.15) is 6.04 Å². The summed E-state index contributed by atoms with van der Waals surface area (Å²) in [7, 11) is 0. The first-order chi connectivity index (χ1) is 15.9. The van der Waals surface area contributed by atoms with E-state index in [0.717, 1.165) is 37.4 Å². The van der Waals surface area contributed by atoms with Gasteiger partial charge in [-0.25, -0.2) is 4.79 Å². The lowest BCUT2D eigenvalue weighted by atomic mass is 10.0. The van der Waals surface area contributed by atoms with Crippen molar-refractivity contribution >= 4 is 35.4 Å². The Balaban J connectivity index is 1.31. The molecular weight excluding hydrogens is 430 g/mol. The molecule has 4 rings (SSSR count). The molecule has 1 aromatic rings. The summed E-state index contributed by atoms with van der Waals surface area (Å²) >= 11 is 0.